The zero-order valence-corrected chi connectivity index (χ0v) is 11.3. The molecule has 1 atom stereocenters. The predicted octanol–water partition coefficient (Wildman–Crippen LogP) is 0.887. The standard InChI is InChI=1S/C13H18N4O3/c1-2-10-13(18)15-6-7-16(10)8-9-4-3-5-11(12(9)14)17(19)20/h3-5,10H,2,6-8,14H2,1H3,(H,15,18). The Labute approximate surface area is 116 Å². The van der Waals surface area contributed by atoms with Gasteiger partial charge in [0.1, 0.15) is 5.69 Å². The first-order valence-corrected chi connectivity index (χ1v) is 6.58. The molecule has 1 aliphatic rings. The van der Waals surface area contributed by atoms with Crippen LogP contribution in [0.25, 0.3) is 0 Å². The Morgan fingerprint density at radius 2 is 2.30 bits per heavy atom. The Kier molecular flexibility index (Phi) is 4.19. The van der Waals surface area contributed by atoms with Gasteiger partial charge >= 0.3 is 0 Å². The number of amides is 1. The van der Waals surface area contributed by atoms with E-state index < -0.39 is 4.92 Å². The summed E-state index contributed by atoms with van der Waals surface area (Å²) in [7, 11) is 0. The Balaban J connectivity index is 2.23. The van der Waals surface area contributed by atoms with Gasteiger partial charge in [0.15, 0.2) is 0 Å². The minimum absolute atomic E-state index is 0.00255. The molecule has 7 nitrogen and oxygen atoms in total. The highest BCUT2D eigenvalue weighted by molar-refractivity contribution is 5.82. The Hall–Kier alpha value is -2.15. The third kappa shape index (κ3) is 2.72. The molecule has 1 amide bonds. The third-order valence-corrected chi connectivity index (χ3v) is 3.57. The summed E-state index contributed by atoms with van der Waals surface area (Å²) < 4.78 is 0. The van der Waals surface area contributed by atoms with E-state index in [0.29, 0.717) is 31.6 Å². The average Bonchev–Trinajstić information content (AvgIpc) is 2.41. The second kappa shape index (κ2) is 5.87. The molecule has 3 N–H and O–H groups in total. The molecule has 0 spiro atoms. The normalized spacial score (nSPS) is 19.6. The number of para-hydroxylation sites is 1. The lowest BCUT2D eigenvalue weighted by Gasteiger charge is -2.34. The van der Waals surface area contributed by atoms with Gasteiger partial charge in [0.2, 0.25) is 5.91 Å². The lowest BCUT2D eigenvalue weighted by molar-refractivity contribution is -0.384. The highest BCUT2D eigenvalue weighted by Gasteiger charge is 2.28. The van der Waals surface area contributed by atoms with Crippen LogP contribution < -0.4 is 11.1 Å². The number of hydrogen-bond donors (Lipinski definition) is 2. The van der Waals surface area contributed by atoms with Gasteiger partial charge < -0.3 is 11.1 Å². The van der Waals surface area contributed by atoms with Crippen LogP contribution in [0.15, 0.2) is 18.2 Å². The van der Waals surface area contributed by atoms with Gasteiger partial charge in [0.05, 0.1) is 11.0 Å². The maximum absolute atomic E-state index is 11.8. The van der Waals surface area contributed by atoms with E-state index in [9.17, 15) is 14.9 Å². The molecular weight excluding hydrogens is 260 g/mol. The van der Waals surface area contributed by atoms with Crippen LogP contribution in [0.5, 0.6) is 0 Å². The van der Waals surface area contributed by atoms with Gasteiger partial charge in [0.25, 0.3) is 5.69 Å². The molecule has 1 heterocycles. The Morgan fingerprint density at radius 1 is 1.55 bits per heavy atom. The summed E-state index contributed by atoms with van der Waals surface area (Å²) in [6.45, 7) is 3.69. The van der Waals surface area contributed by atoms with Gasteiger partial charge in [-0.1, -0.05) is 19.1 Å². The largest absolute Gasteiger partial charge is 0.393 e. The fourth-order valence-corrected chi connectivity index (χ4v) is 2.51. The molecule has 0 radical (unpaired) electrons. The number of carbonyl (C=O) groups is 1. The molecule has 1 saturated heterocycles. The molecule has 108 valence electrons. The second-order valence-corrected chi connectivity index (χ2v) is 4.79. The maximum Gasteiger partial charge on any atom is 0.292 e. The molecule has 0 aliphatic carbocycles. The van der Waals surface area contributed by atoms with Crippen molar-refractivity contribution in [3.05, 3.63) is 33.9 Å². The molecule has 1 aliphatic heterocycles. The van der Waals surface area contributed by atoms with Gasteiger partial charge in [0, 0.05) is 25.7 Å². The van der Waals surface area contributed by atoms with E-state index in [1.807, 2.05) is 11.8 Å². The number of nitro groups is 1. The second-order valence-electron chi connectivity index (χ2n) is 4.79. The lowest BCUT2D eigenvalue weighted by Crippen LogP contribution is -2.54. The summed E-state index contributed by atoms with van der Waals surface area (Å²) in [6.07, 6.45) is 0.695. The van der Waals surface area contributed by atoms with Crippen LogP contribution in [0.2, 0.25) is 0 Å². The third-order valence-electron chi connectivity index (χ3n) is 3.57. The minimum atomic E-state index is -0.487. The predicted molar refractivity (Wildman–Crippen MR) is 75.0 cm³/mol. The van der Waals surface area contributed by atoms with Gasteiger partial charge in [-0.3, -0.25) is 19.8 Å². The monoisotopic (exact) mass is 278 g/mol. The Morgan fingerprint density at radius 3 is 2.95 bits per heavy atom. The lowest BCUT2D eigenvalue weighted by atomic mass is 10.1. The van der Waals surface area contributed by atoms with E-state index in [1.54, 1.807) is 12.1 Å². The number of piperazine rings is 1. The van der Waals surface area contributed by atoms with Crippen LogP contribution in [0.3, 0.4) is 0 Å². The number of carbonyl (C=O) groups excluding carboxylic acids is 1. The van der Waals surface area contributed by atoms with Crippen LogP contribution >= 0.6 is 0 Å². The first-order valence-electron chi connectivity index (χ1n) is 6.58. The van der Waals surface area contributed by atoms with Crippen LogP contribution in [0.4, 0.5) is 11.4 Å². The highest BCUT2D eigenvalue weighted by Crippen LogP contribution is 2.26. The Bertz CT molecular complexity index is 532. The highest BCUT2D eigenvalue weighted by atomic mass is 16.6. The summed E-state index contributed by atoms with van der Waals surface area (Å²) in [4.78, 5) is 24.2. The van der Waals surface area contributed by atoms with E-state index in [1.165, 1.54) is 6.07 Å². The van der Waals surface area contributed by atoms with Crippen molar-refractivity contribution in [3.63, 3.8) is 0 Å². The summed E-state index contributed by atoms with van der Waals surface area (Å²) in [5.74, 6) is 0.00255. The van der Waals surface area contributed by atoms with Gasteiger partial charge in [-0.25, -0.2) is 0 Å². The summed E-state index contributed by atoms with van der Waals surface area (Å²) in [6, 6.07) is 4.57. The summed E-state index contributed by atoms with van der Waals surface area (Å²) in [5, 5.41) is 13.7. The van der Waals surface area contributed by atoms with Crippen molar-refractivity contribution in [2.75, 3.05) is 18.8 Å². The zero-order chi connectivity index (χ0) is 14.7. The van der Waals surface area contributed by atoms with Crippen molar-refractivity contribution in [1.82, 2.24) is 10.2 Å². The van der Waals surface area contributed by atoms with E-state index in [2.05, 4.69) is 5.32 Å². The molecular formula is C13H18N4O3. The molecule has 0 aromatic heterocycles. The molecule has 0 saturated carbocycles. The van der Waals surface area contributed by atoms with Gasteiger partial charge in [-0.2, -0.15) is 0 Å². The van der Waals surface area contributed by atoms with Crippen molar-refractivity contribution >= 4 is 17.3 Å². The molecule has 0 bridgehead atoms. The molecule has 7 heteroatoms. The first-order chi connectivity index (χ1) is 9.54. The van der Waals surface area contributed by atoms with Crippen molar-refractivity contribution < 1.29 is 9.72 Å². The number of nitro benzene ring substituents is 1. The fourth-order valence-electron chi connectivity index (χ4n) is 2.51. The zero-order valence-electron chi connectivity index (χ0n) is 11.3. The van der Waals surface area contributed by atoms with E-state index in [0.717, 1.165) is 0 Å². The molecule has 1 fully saturated rings. The van der Waals surface area contributed by atoms with Crippen LogP contribution in [-0.4, -0.2) is 34.9 Å². The van der Waals surface area contributed by atoms with E-state index in [4.69, 9.17) is 5.73 Å². The van der Waals surface area contributed by atoms with E-state index >= 15 is 0 Å². The first kappa shape index (κ1) is 14.3. The maximum atomic E-state index is 11.8. The van der Waals surface area contributed by atoms with E-state index in [-0.39, 0.29) is 23.3 Å². The number of nitrogens with zero attached hydrogens (tertiary/aromatic N) is 2. The summed E-state index contributed by atoms with van der Waals surface area (Å²) >= 11 is 0. The van der Waals surface area contributed by atoms with Crippen molar-refractivity contribution in [1.29, 1.82) is 0 Å². The number of benzene rings is 1. The van der Waals surface area contributed by atoms with Crippen LogP contribution in [0, 0.1) is 10.1 Å². The van der Waals surface area contributed by atoms with Gasteiger partial charge in [-0.15, -0.1) is 0 Å². The molecule has 20 heavy (non-hydrogen) atoms. The number of nitrogens with two attached hydrogens (primary N) is 1. The molecule has 1 unspecified atom stereocenters. The quantitative estimate of drug-likeness (QED) is 0.484. The molecule has 1 aromatic carbocycles. The number of rotatable bonds is 4. The number of hydrogen-bond acceptors (Lipinski definition) is 5. The van der Waals surface area contributed by atoms with Crippen molar-refractivity contribution in [2.45, 2.75) is 25.9 Å². The van der Waals surface area contributed by atoms with Crippen LogP contribution in [0.1, 0.15) is 18.9 Å². The minimum Gasteiger partial charge on any atom is -0.393 e. The van der Waals surface area contributed by atoms with Crippen LogP contribution in [-0.2, 0) is 11.3 Å². The number of nitrogen functional groups attached to an aromatic ring is 1. The fraction of sp³-hybridized carbons (Fsp3) is 0.462. The van der Waals surface area contributed by atoms with Crippen molar-refractivity contribution in [2.24, 2.45) is 0 Å². The molecule has 1 aromatic rings. The average molecular weight is 278 g/mol. The topological polar surface area (TPSA) is 102 Å². The number of nitrogens with one attached hydrogen (secondary N) is 1. The van der Waals surface area contributed by atoms with Crippen molar-refractivity contribution in [3.8, 4) is 0 Å². The number of anilines is 1. The summed E-state index contributed by atoms with van der Waals surface area (Å²) in [5.41, 5.74) is 6.63. The molecule has 2 rings (SSSR count). The van der Waals surface area contributed by atoms with Gasteiger partial charge in [-0.05, 0) is 12.0 Å². The SMILES string of the molecule is CCC1C(=O)NCCN1Cc1cccc([N+](=O)[O-])c1N. The smallest absolute Gasteiger partial charge is 0.292 e.